The van der Waals surface area contributed by atoms with Crippen molar-refractivity contribution in [1.29, 1.82) is 0 Å². The highest BCUT2D eigenvalue weighted by Crippen LogP contribution is 2.11. The molecule has 1 atom stereocenters. The van der Waals surface area contributed by atoms with Crippen molar-refractivity contribution in [2.24, 2.45) is 5.16 Å². The van der Waals surface area contributed by atoms with Gasteiger partial charge in [-0.1, -0.05) is 12.1 Å². The first-order valence-electron chi connectivity index (χ1n) is 8.21. The highest BCUT2D eigenvalue weighted by atomic mass is 16.6. The first-order valence-corrected chi connectivity index (χ1v) is 8.21. The lowest BCUT2D eigenvalue weighted by Crippen LogP contribution is -2.41. The smallest absolute Gasteiger partial charge is 0.317 e. The second-order valence-corrected chi connectivity index (χ2v) is 6.05. The molecule has 1 aromatic heterocycles. The van der Waals surface area contributed by atoms with Crippen LogP contribution < -0.4 is 5.32 Å². The van der Waals surface area contributed by atoms with Crippen LogP contribution in [0, 0.1) is 13.8 Å². The predicted molar refractivity (Wildman–Crippen MR) is 89.6 cm³/mol. The van der Waals surface area contributed by atoms with Crippen LogP contribution in [0.15, 0.2) is 11.2 Å². The first-order chi connectivity index (χ1) is 11.0. The first kappa shape index (κ1) is 17.3. The summed E-state index contributed by atoms with van der Waals surface area (Å²) < 4.78 is 1.98. The molecule has 2 rings (SSSR count). The molecule has 0 fully saturated rings. The number of nitrogens with one attached hydrogen (secondary N) is 1. The van der Waals surface area contributed by atoms with Gasteiger partial charge >= 0.3 is 6.03 Å². The Morgan fingerprint density at radius 1 is 1.52 bits per heavy atom. The molecule has 128 valence electrons. The minimum atomic E-state index is -0.0769. The molecule has 0 bridgehead atoms. The van der Waals surface area contributed by atoms with Gasteiger partial charge in [0.2, 0.25) is 0 Å². The molecule has 1 unspecified atom stereocenters. The maximum absolute atomic E-state index is 12.1. The molecule has 2 amide bonds. The lowest BCUT2D eigenvalue weighted by molar-refractivity contribution is 0.0852. The van der Waals surface area contributed by atoms with Crippen molar-refractivity contribution >= 4 is 11.7 Å². The van der Waals surface area contributed by atoms with Crippen LogP contribution >= 0.6 is 0 Å². The van der Waals surface area contributed by atoms with Gasteiger partial charge < -0.3 is 15.1 Å². The summed E-state index contributed by atoms with van der Waals surface area (Å²) in [6.45, 7) is 8.09. The van der Waals surface area contributed by atoms with E-state index < -0.39 is 0 Å². The van der Waals surface area contributed by atoms with Gasteiger partial charge in [-0.05, 0) is 32.8 Å². The van der Waals surface area contributed by atoms with Crippen molar-refractivity contribution in [3.05, 3.63) is 17.5 Å². The van der Waals surface area contributed by atoms with Crippen molar-refractivity contribution in [1.82, 2.24) is 20.0 Å². The lowest BCUT2D eigenvalue weighted by atomic mass is 10.1. The Labute approximate surface area is 137 Å². The van der Waals surface area contributed by atoms with E-state index in [1.54, 1.807) is 11.9 Å². The standard InChI is InChI=1S/C16H27N5O2/c1-5-14-10-15(23-19-14)11-17-16(22)20(4)7-6-8-21-13(3)9-12(2)18-21/h9,15H,5-8,10-11H2,1-4H3,(H,17,22). The molecule has 0 spiro atoms. The van der Waals surface area contributed by atoms with E-state index in [9.17, 15) is 4.79 Å². The average Bonchev–Trinajstić information content (AvgIpc) is 3.11. The van der Waals surface area contributed by atoms with E-state index in [1.165, 1.54) is 0 Å². The van der Waals surface area contributed by atoms with E-state index in [0.717, 1.165) is 42.9 Å². The number of amides is 2. The van der Waals surface area contributed by atoms with Crippen molar-refractivity contribution in [3.63, 3.8) is 0 Å². The summed E-state index contributed by atoms with van der Waals surface area (Å²) >= 11 is 0. The van der Waals surface area contributed by atoms with Crippen molar-refractivity contribution < 1.29 is 9.63 Å². The van der Waals surface area contributed by atoms with Gasteiger partial charge in [0.05, 0.1) is 18.0 Å². The van der Waals surface area contributed by atoms with Crippen LogP contribution in [0.5, 0.6) is 0 Å². The number of aromatic nitrogens is 2. The second-order valence-electron chi connectivity index (χ2n) is 6.05. The number of hydrogen-bond acceptors (Lipinski definition) is 4. The molecular formula is C16H27N5O2. The van der Waals surface area contributed by atoms with Crippen molar-refractivity contribution in [2.75, 3.05) is 20.1 Å². The highest BCUT2D eigenvalue weighted by Gasteiger charge is 2.20. The van der Waals surface area contributed by atoms with Gasteiger partial charge in [-0.15, -0.1) is 0 Å². The average molecular weight is 321 g/mol. The molecule has 1 N–H and O–H groups in total. The predicted octanol–water partition coefficient (Wildman–Crippen LogP) is 2.09. The lowest BCUT2D eigenvalue weighted by Gasteiger charge is -2.19. The summed E-state index contributed by atoms with van der Waals surface area (Å²) in [4.78, 5) is 19.0. The van der Waals surface area contributed by atoms with Crippen LogP contribution in [-0.2, 0) is 11.4 Å². The molecule has 7 nitrogen and oxygen atoms in total. The third kappa shape index (κ3) is 4.97. The van der Waals surface area contributed by atoms with Gasteiger partial charge in [-0.2, -0.15) is 5.10 Å². The molecule has 1 aliphatic rings. The van der Waals surface area contributed by atoms with Gasteiger partial charge in [0.15, 0.2) is 0 Å². The number of hydrogen-bond donors (Lipinski definition) is 1. The molecule has 1 aromatic rings. The van der Waals surface area contributed by atoms with Crippen LogP contribution in [-0.4, -0.2) is 52.7 Å². The normalized spacial score (nSPS) is 16.9. The van der Waals surface area contributed by atoms with Crippen molar-refractivity contribution in [3.8, 4) is 0 Å². The summed E-state index contributed by atoms with van der Waals surface area (Å²) in [6.07, 6.45) is 2.54. The summed E-state index contributed by atoms with van der Waals surface area (Å²) in [5.41, 5.74) is 3.24. The maximum atomic E-state index is 12.1. The van der Waals surface area contributed by atoms with Crippen molar-refractivity contribution in [2.45, 2.75) is 52.7 Å². The zero-order chi connectivity index (χ0) is 16.8. The molecule has 0 aromatic carbocycles. The molecule has 23 heavy (non-hydrogen) atoms. The fraction of sp³-hybridized carbons (Fsp3) is 0.688. The molecule has 7 heteroatoms. The Balaban J connectivity index is 1.64. The van der Waals surface area contributed by atoms with E-state index in [1.807, 2.05) is 18.5 Å². The number of carbonyl (C=O) groups excluding carboxylic acids is 1. The monoisotopic (exact) mass is 321 g/mol. The van der Waals surface area contributed by atoms with Crippen LogP contribution in [0.1, 0.15) is 37.6 Å². The fourth-order valence-electron chi connectivity index (χ4n) is 2.60. The highest BCUT2D eigenvalue weighted by molar-refractivity contribution is 5.85. The van der Waals surface area contributed by atoms with Gasteiger partial charge in [0.1, 0.15) is 6.10 Å². The topological polar surface area (TPSA) is 71.8 Å². The quantitative estimate of drug-likeness (QED) is 0.836. The third-order valence-electron chi connectivity index (χ3n) is 4.00. The second kappa shape index (κ2) is 7.99. The summed E-state index contributed by atoms with van der Waals surface area (Å²) in [7, 11) is 1.81. The number of carbonyl (C=O) groups is 1. The summed E-state index contributed by atoms with van der Waals surface area (Å²) in [5.74, 6) is 0. The fourth-order valence-corrected chi connectivity index (χ4v) is 2.60. The van der Waals surface area contributed by atoms with E-state index >= 15 is 0 Å². The molecule has 0 aliphatic carbocycles. The summed E-state index contributed by atoms with van der Waals surface area (Å²) in [5, 5.41) is 11.3. The Morgan fingerprint density at radius 2 is 2.30 bits per heavy atom. The van der Waals surface area contributed by atoms with Crippen LogP contribution in [0.25, 0.3) is 0 Å². The van der Waals surface area contributed by atoms with Gasteiger partial charge in [0.25, 0.3) is 0 Å². The van der Waals surface area contributed by atoms with E-state index in [2.05, 4.69) is 28.6 Å². The van der Waals surface area contributed by atoms with Gasteiger partial charge in [0, 0.05) is 32.3 Å². The van der Waals surface area contributed by atoms with E-state index in [0.29, 0.717) is 13.1 Å². The van der Waals surface area contributed by atoms with E-state index in [4.69, 9.17) is 4.84 Å². The van der Waals surface area contributed by atoms with Crippen LogP contribution in [0.4, 0.5) is 4.79 Å². The summed E-state index contributed by atoms with van der Waals surface area (Å²) in [6, 6.07) is 1.98. The molecular weight excluding hydrogens is 294 g/mol. The minimum Gasteiger partial charge on any atom is -0.390 e. The molecule has 0 saturated carbocycles. The number of nitrogens with zero attached hydrogens (tertiary/aromatic N) is 4. The number of urea groups is 1. The minimum absolute atomic E-state index is 0.0306. The maximum Gasteiger partial charge on any atom is 0.317 e. The Hall–Kier alpha value is -2.05. The zero-order valence-corrected chi connectivity index (χ0v) is 14.5. The van der Waals surface area contributed by atoms with Gasteiger partial charge in [-0.25, -0.2) is 4.79 Å². The number of rotatable bonds is 7. The Morgan fingerprint density at radius 3 is 2.91 bits per heavy atom. The molecule has 0 radical (unpaired) electrons. The van der Waals surface area contributed by atoms with E-state index in [-0.39, 0.29) is 12.1 Å². The number of aryl methyl sites for hydroxylation is 3. The Bertz CT molecular complexity index is 567. The third-order valence-corrected chi connectivity index (χ3v) is 4.00. The van der Waals surface area contributed by atoms with Gasteiger partial charge in [-0.3, -0.25) is 4.68 Å². The zero-order valence-electron chi connectivity index (χ0n) is 14.5. The van der Waals surface area contributed by atoms with Crippen LogP contribution in [0.3, 0.4) is 0 Å². The van der Waals surface area contributed by atoms with Crippen LogP contribution in [0.2, 0.25) is 0 Å². The molecule has 1 aliphatic heterocycles. The molecule has 2 heterocycles. The largest absolute Gasteiger partial charge is 0.390 e. The SMILES string of the molecule is CCC1=NOC(CNC(=O)N(C)CCCn2nc(C)cc2C)C1. The molecule has 0 saturated heterocycles. The Kier molecular flexibility index (Phi) is 6.01. The number of oxime groups is 1.